The molecule has 5 heteroatoms. The summed E-state index contributed by atoms with van der Waals surface area (Å²) in [5.74, 6) is -0.365. The lowest BCUT2D eigenvalue weighted by molar-refractivity contribution is -0.125. The van der Waals surface area contributed by atoms with Crippen molar-refractivity contribution < 1.29 is 14.4 Å². The van der Waals surface area contributed by atoms with Gasteiger partial charge >= 0.3 is 0 Å². The van der Waals surface area contributed by atoms with Crippen molar-refractivity contribution in [3.63, 3.8) is 0 Å². The molecule has 0 unspecified atom stereocenters. The van der Waals surface area contributed by atoms with Crippen LogP contribution in [-0.4, -0.2) is 23.6 Å². The number of amides is 2. The number of oxime groups is 1. The molecule has 0 spiro atoms. The Balaban J connectivity index is 1.36. The molecule has 1 saturated heterocycles. The first-order chi connectivity index (χ1) is 13.6. The zero-order chi connectivity index (χ0) is 19.0. The molecule has 5 nitrogen and oxygen atoms in total. The maximum absolute atomic E-state index is 13.3. The summed E-state index contributed by atoms with van der Waals surface area (Å²) in [5, 5.41) is 4.40. The second-order valence-corrected chi connectivity index (χ2v) is 8.40. The largest absolute Gasteiger partial charge is 0.391 e. The van der Waals surface area contributed by atoms with Gasteiger partial charge in [0, 0.05) is 11.8 Å². The van der Waals surface area contributed by atoms with E-state index in [1.165, 1.54) is 10.5 Å². The molecule has 2 aliphatic heterocycles. The number of imide groups is 1. The van der Waals surface area contributed by atoms with Gasteiger partial charge in [-0.25, -0.2) is 0 Å². The molecule has 4 aliphatic rings. The van der Waals surface area contributed by atoms with E-state index in [0.717, 1.165) is 17.7 Å². The van der Waals surface area contributed by atoms with Crippen LogP contribution in [0.3, 0.4) is 0 Å². The lowest BCUT2D eigenvalue weighted by Crippen LogP contribution is -2.41. The maximum Gasteiger partial charge on any atom is 0.238 e. The summed E-state index contributed by atoms with van der Waals surface area (Å²) in [6.07, 6.45) is 0.783. The predicted octanol–water partition coefficient (Wildman–Crippen LogP) is 3.17. The van der Waals surface area contributed by atoms with E-state index in [4.69, 9.17) is 4.84 Å². The van der Waals surface area contributed by atoms with Crippen molar-refractivity contribution in [2.75, 3.05) is 4.90 Å². The van der Waals surface area contributed by atoms with Gasteiger partial charge in [-0.2, -0.15) is 0 Å². The molecule has 6 rings (SSSR count). The fourth-order valence-corrected chi connectivity index (χ4v) is 5.92. The van der Waals surface area contributed by atoms with Crippen molar-refractivity contribution in [1.82, 2.24) is 0 Å². The molecule has 2 amide bonds. The van der Waals surface area contributed by atoms with Crippen LogP contribution in [0.2, 0.25) is 0 Å². The molecular formula is C23H20N2O3. The lowest BCUT2D eigenvalue weighted by atomic mass is 9.71. The highest BCUT2D eigenvalue weighted by Gasteiger charge is 2.70. The molecular weight excluding hydrogens is 352 g/mol. The number of nitrogens with zero attached hydrogens (tertiary/aromatic N) is 2. The molecule has 0 N–H and O–H groups in total. The van der Waals surface area contributed by atoms with Crippen LogP contribution < -0.4 is 4.90 Å². The third-order valence-electron chi connectivity index (χ3n) is 7.05. The van der Waals surface area contributed by atoms with Gasteiger partial charge in [0.05, 0.1) is 23.2 Å². The summed E-state index contributed by atoms with van der Waals surface area (Å²) in [6, 6.07) is 17.6. The summed E-state index contributed by atoms with van der Waals surface area (Å²) in [5.41, 5.74) is 3.86. The highest BCUT2D eigenvalue weighted by molar-refractivity contribution is 6.23. The van der Waals surface area contributed by atoms with Crippen LogP contribution >= 0.6 is 0 Å². The average Bonchev–Trinajstić information content (AvgIpc) is 3.44. The van der Waals surface area contributed by atoms with Gasteiger partial charge in [-0.1, -0.05) is 53.2 Å². The van der Waals surface area contributed by atoms with E-state index in [0.29, 0.717) is 5.69 Å². The van der Waals surface area contributed by atoms with E-state index in [1.807, 2.05) is 30.3 Å². The van der Waals surface area contributed by atoms with Crippen LogP contribution in [0, 0.1) is 36.5 Å². The monoisotopic (exact) mass is 372 g/mol. The number of para-hydroxylation sites is 1. The number of aryl methyl sites for hydroxylation is 1. The summed E-state index contributed by atoms with van der Waals surface area (Å²) < 4.78 is 0. The van der Waals surface area contributed by atoms with Gasteiger partial charge in [0.25, 0.3) is 0 Å². The SMILES string of the molecule is Cc1ccc(C2=NO[C@@H]3[C@H]4C[C@H]([C@H]5C(=O)N(c6ccccc6)C(=O)[C@@H]45)[C@H]23)cc1. The third kappa shape index (κ3) is 1.94. The first-order valence-corrected chi connectivity index (χ1v) is 9.89. The second-order valence-electron chi connectivity index (χ2n) is 8.40. The van der Waals surface area contributed by atoms with Crippen LogP contribution in [0.15, 0.2) is 59.8 Å². The zero-order valence-corrected chi connectivity index (χ0v) is 15.5. The number of rotatable bonds is 2. The van der Waals surface area contributed by atoms with E-state index >= 15 is 0 Å². The number of carbonyl (C=O) groups is 2. The Bertz CT molecular complexity index is 1010. The molecule has 2 aliphatic carbocycles. The second kappa shape index (κ2) is 5.53. The summed E-state index contributed by atoms with van der Waals surface area (Å²) in [6.45, 7) is 2.06. The van der Waals surface area contributed by atoms with Crippen LogP contribution in [0.4, 0.5) is 5.69 Å². The smallest absolute Gasteiger partial charge is 0.238 e. The van der Waals surface area contributed by atoms with E-state index in [2.05, 4.69) is 36.3 Å². The van der Waals surface area contributed by atoms with E-state index in [9.17, 15) is 9.59 Å². The molecule has 2 heterocycles. The van der Waals surface area contributed by atoms with E-state index in [-0.39, 0.29) is 47.5 Å². The molecule has 2 aromatic carbocycles. The van der Waals surface area contributed by atoms with Gasteiger partial charge in [-0.15, -0.1) is 0 Å². The van der Waals surface area contributed by atoms with E-state index < -0.39 is 0 Å². The normalized spacial score (nSPS) is 35.0. The summed E-state index contributed by atoms with van der Waals surface area (Å²) in [7, 11) is 0. The third-order valence-corrected chi connectivity index (χ3v) is 7.05. The Morgan fingerprint density at radius 3 is 2.29 bits per heavy atom. The Hall–Kier alpha value is -2.95. The number of benzene rings is 2. The van der Waals surface area contributed by atoms with Gasteiger partial charge in [0.1, 0.15) is 6.10 Å². The maximum atomic E-state index is 13.3. The number of hydrogen-bond acceptors (Lipinski definition) is 4. The number of hydrogen-bond donors (Lipinski definition) is 0. The highest BCUT2D eigenvalue weighted by Crippen LogP contribution is 2.61. The zero-order valence-electron chi connectivity index (χ0n) is 15.5. The first kappa shape index (κ1) is 16.0. The van der Waals surface area contributed by atoms with Crippen molar-refractivity contribution in [3.8, 4) is 0 Å². The fraction of sp³-hybridized carbons (Fsp3) is 0.348. The van der Waals surface area contributed by atoms with Gasteiger partial charge in [0.2, 0.25) is 11.8 Å². The lowest BCUT2D eigenvalue weighted by Gasteiger charge is -2.29. The fourth-order valence-electron chi connectivity index (χ4n) is 5.92. The van der Waals surface area contributed by atoms with Gasteiger partial charge in [-0.3, -0.25) is 14.5 Å². The van der Waals surface area contributed by atoms with Crippen molar-refractivity contribution in [1.29, 1.82) is 0 Å². The minimum Gasteiger partial charge on any atom is -0.391 e. The number of anilines is 1. The Labute approximate surface area is 163 Å². The summed E-state index contributed by atoms with van der Waals surface area (Å²) in [4.78, 5) is 33.7. The molecule has 0 radical (unpaired) electrons. The van der Waals surface area contributed by atoms with Crippen molar-refractivity contribution in [2.45, 2.75) is 19.4 Å². The molecule has 3 fully saturated rings. The Morgan fingerprint density at radius 1 is 0.893 bits per heavy atom. The first-order valence-electron chi connectivity index (χ1n) is 9.89. The molecule has 2 aromatic rings. The van der Waals surface area contributed by atoms with E-state index in [1.54, 1.807) is 0 Å². The van der Waals surface area contributed by atoms with Crippen LogP contribution in [0.25, 0.3) is 0 Å². The van der Waals surface area contributed by atoms with Crippen LogP contribution in [0.1, 0.15) is 17.5 Å². The van der Waals surface area contributed by atoms with Gasteiger partial charge < -0.3 is 4.84 Å². The van der Waals surface area contributed by atoms with Gasteiger partial charge in [0.15, 0.2) is 0 Å². The minimum absolute atomic E-state index is 0.0534. The summed E-state index contributed by atoms with van der Waals surface area (Å²) >= 11 is 0. The molecule has 0 aromatic heterocycles. The highest BCUT2D eigenvalue weighted by atomic mass is 16.6. The molecule has 140 valence electrons. The van der Waals surface area contributed by atoms with Gasteiger partial charge in [-0.05, 0) is 37.0 Å². The molecule has 2 bridgehead atoms. The number of carbonyl (C=O) groups excluding carboxylic acids is 2. The van der Waals surface area contributed by atoms with Crippen molar-refractivity contribution in [3.05, 3.63) is 65.7 Å². The molecule has 28 heavy (non-hydrogen) atoms. The van der Waals surface area contributed by atoms with Crippen LogP contribution in [-0.2, 0) is 14.4 Å². The topological polar surface area (TPSA) is 59.0 Å². The quantitative estimate of drug-likeness (QED) is 0.761. The van der Waals surface area contributed by atoms with Crippen LogP contribution in [0.5, 0.6) is 0 Å². The Kier molecular flexibility index (Phi) is 3.17. The minimum atomic E-state index is -0.272. The molecule has 6 atom stereocenters. The predicted molar refractivity (Wildman–Crippen MR) is 104 cm³/mol. The standard InChI is InChI=1S/C23H20N2O3/c1-12-7-9-13(10-8-12)20-19-15-11-16(21(19)28-24-20)18-17(15)22(26)25(23(18)27)14-5-3-2-4-6-14/h2-10,15-19,21H,11H2,1H3/t15-,16+,17-,18+,19-,21-/m1/s1. The molecule has 2 saturated carbocycles. The Morgan fingerprint density at radius 2 is 1.57 bits per heavy atom. The average molecular weight is 372 g/mol. The number of fused-ring (bicyclic) bond motifs is 8. The van der Waals surface area contributed by atoms with Crippen molar-refractivity contribution >= 4 is 23.2 Å². The van der Waals surface area contributed by atoms with Crippen molar-refractivity contribution in [2.24, 2.45) is 34.7 Å².